The van der Waals surface area contributed by atoms with E-state index in [-0.39, 0.29) is 49.6 Å². The number of carbonyl (C=O) groups is 3. The third kappa shape index (κ3) is 16.8. The zero-order chi connectivity index (χ0) is 28.9. The van der Waals surface area contributed by atoms with Crippen molar-refractivity contribution in [1.82, 2.24) is 0 Å². The molecule has 1 saturated carbocycles. The molecule has 0 aromatic rings. The van der Waals surface area contributed by atoms with Crippen molar-refractivity contribution in [1.29, 1.82) is 0 Å². The largest absolute Gasteiger partial charge is 0.463 e. The van der Waals surface area contributed by atoms with Crippen LogP contribution in [0.4, 0.5) is 0 Å². The van der Waals surface area contributed by atoms with E-state index in [1.165, 1.54) is 0 Å². The molecule has 3 N–H and O–H groups in total. The number of hydrogen-bond acceptors (Lipinski definition) is 8. The topological polar surface area (TPSA) is 130 Å². The van der Waals surface area contributed by atoms with Crippen LogP contribution in [0.2, 0.25) is 0 Å². The third-order valence-corrected chi connectivity index (χ3v) is 7.41. The van der Waals surface area contributed by atoms with E-state index in [0.717, 1.165) is 77.0 Å². The molecule has 5 atom stereocenters. The first-order chi connectivity index (χ1) is 18.8. The van der Waals surface area contributed by atoms with Crippen LogP contribution in [0.5, 0.6) is 0 Å². The second-order valence-electron chi connectivity index (χ2n) is 11.0. The van der Waals surface area contributed by atoms with Crippen molar-refractivity contribution in [2.45, 2.75) is 141 Å². The summed E-state index contributed by atoms with van der Waals surface area (Å²) in [6.45, 7) is 3.88. The third-order valence-electron chi connectivity index (χ3n) is 7.41. The summed E-state index contributed by atoms with van der Waals surface area (Å²) in [5, 5.41) is 30.4. The Morgan fingerprint density at radius 2 is 1.38 bits per heavy atom. The van der Waals surface area contributed by atoms with Gasteiger partial charge < -0.3 is 24.8 Å². The molecule has 0 aromatic carbocycles. The van der Waals surface area contributed by atoms with E-state index in [2.05, 4.69) is 13.8 Å². The van der Waals surface area contributed by atoms with Gasteiger partial charge in [0.25, 0.3) is 0 Å². The lowest BCUT2D eigenvalue weighted by Crippen LogP contribution is -2.25. The lowest BCUT2D eigenvalue weighted by molar-refractivity contribution is -0.152. The molecule has 1 fully saturated rings. The maximum absolute atomic E-state index is 12.3. The van der Waals surface area contributed by atoms with Crippen LogP contribution in [-0.4, -0.2) is 64.6 Å². The molecular formula is C31H54O8. The molecule has 0 aliphatic heterocycles. The Hall–Kier alpha value is -1.77. The predicted octanol–water partition coefficient (Wildman–Crippen LogP) is 5.20. The standard InChI is InChI=1S/C31H54O8/c1-3-5-7-8-13-17-30(36)38-22-25(33)23-39-31(37)18-14-10-9-12-16-26-27(29(35)21-28(26)34)20-19-24(32)15-11-6-4-2/h19-20,24-28,32-34H,3-18,21-23H2,1-2H3/b20-19+/t24-,25-,26+,27+,28-/m0/s1. The number of rotatable bonds is 23. The van der Waals surface area contributed by atoms with Crippen LogP contribution in [0.3, 0.4) is 0 Å². The molecule has 0 aromatic heterocycles. The fraction of sp³-hybridized carbons (Fsp3) is 0.839. The number of esters is 2. The molecule has 0 saturated heterocycles. The quantitative estimate of drug-likeness (QED) is 0.0893. The summed E-state index contributed by atoms with van der Waals surface area (Å²) in [5.74, 6) is -1.17. The van der Waals surface area contributed by atoms with Gasteiger partial charge in [0.05, 0.1) is 12.2 Å². The van der Waals surface area contributed by atoms with E-state index in [4.69, 9.17) is 9.47 Å². The number of carbonyl (C=O) groups excluding carboxylic acids is 3. The van der Waals surface area contributed by atoms with E-state index < -0.39 is 24.3 Å². The van der Waals surface area contributed by atoms with Crippen LogP contribution < -0.4 is 0 Å². The number of ether oxygens (including phenoxy) is 2. The van der Waals surface area contributed by atoms with Gasteiger partial charge in [0, 0.05) is 25.2 Å². The molecule has 0 spiro atoms. The molecule has 0 heterocycles. The zero-order valence-electron chi connectivity index (χ0n) is 24.4. The Morgan fingerprint density at radius 3 is 1.97 bits per heavy atom. The van der Waals surface area contributed by atoms with Crippen molar-refractivity contribution in [3.05, 3.63) is 12.2 Å². The molecule has 0 amide bonds. The summed E-state index contributed by atoms with van der Waals surface area (Å²) in [6.07, 6.45) is 14.9. The maximum atomic E-state index is 12.3. The molecule has 0 unspecified atom stereocenters. The average molecular weight is 555 g/mol. The van der Waals surface area contributed by atoms with Crippen LogP contribution in [0, 0.1) is 11.8 Å². The fourth-order valence-electron chi connectivity index (χ4n) is 4.99. The van der Waals surface area contributed by atoms with Crippen molar-refractivity contribution < 1.29 is 39.2 Å². The molecule has 0 radical (unpaired) electrons. The summed E-state index contributed by atoms with van der Waals surface area (Å²) in [5.41, 5.74) is 0. The van der Waals surface area contributed by atoms with E-state index >= 15 is 0 Å². The number of ketones is 1. The van der Waals surface area contributed by atoms with Crippen molar-refractivity contribution in [3.8, 4) is 0 Å². The van der Waals surface area contributed by atoms with E-state index in [0.29, 0.717) is 19.3 Å². The molecule has 226 valence electrons. The maximum Gasteiger partial charge on any atom is 0.305 e. The number of Topliss-reactive ketones (excluding diaryl/α,β-unsaturated/α-hetero) is 1. The van der Waals surface area contributed by atoms with Crippen LogP contribution >= 0.6 is 0 Å². The Bertz CT molecular complexity index is 707. The van der Waals surface area contributed by atoms with Gasteiger partial charge in [-0.15, -0.1) is 0 Å². The van der Waals surface area contributed by atoms with Crippen molar-refractivity contribution >= 4 is 17.7 Å². The van der Waals surface area contributed by atoms with Gasteiger partial charge in [-0.1, -0.05) is 90.2 Å². The highest BCUT2D eigenvalue weighted by atomic mass is 16.6. The minimum Gasteiger partial charge on any atom is -0.463 e. The monoisotopic (exact) mass is 554 g/mol. The first kappa shape index (κ1) is 35.3. The second kappa shape index (κ2) is 22.0. The van der Waals surface area contributed by atoms with Gasteiger partial charge in [0.1, 0.15) is 25.1 Å². The van der Waals surface area contributed by atoms with Gasteiger partial charge in [-0.3, -0.25) is 14.4 Å². The Kier molecular flexibility index (Phi) is 19.9. The SMILES string of the molecule is CCCCCCCC(=O)OC[C@H](O)COC(=O)CCCCCC[C@H]1[C@@H](O)CC(=O)[C@@H]1/C=C/[C@@H](O)CCCCC. The van der Waals surface area contributed by atoms with Crippen molar-refractivity contribution in [2.24, 2.45) is 11.8 Å². The fourth-order valence-corrected chi connectivity index (χ4v) is 4.99. The lowest BCUT2D eigenvalue weighted by Gasteiger charge is -2.19. The lowest BCUT2D eigenvalue weighted by atomic mass is 9.88. The van der Waals surface area contributed by atoms with E-state index in [9.17, 15) is 29.7 Å². The number of aliphatic hydroxyl groups is 3. The number of unbranched alkanes of at least 4 members (excludes halogenated alkanes) is 9. The van der Waals surface area contributed by atoms with Gasteiger partial charge in [-0.2, -0.15) is 0 Å². The Balaban J connectivity index is 2.15. The molecule has 8 heteroatoms. The van der Waals surface area contributed by atoms with Crippen LogP contribution in [0.15, 0.2) is 12.2 Å². The minimum atomic E-state index is -1.03. The summed E-state index contributed by atoms with van der Waals surface area (Å²) in [4.78, 5) is 36.0. The van der Waals surface area contributed by atoms with Crippen LogP contribution in [-0.2, 0) is 23.9 Å². The van der Waals surface area contributed by atoms with E-state index in [1.54, 1.807) is 12.2 Å². The average Bonchev–Trinajstić information content (AvgIpc) is 3.18. The molecular weight excluding hydrogens is 500 g/mol. The van der Waals surface area contributed by atoms with Crippen LogP contribution in [0.1, 0.15) is 123 Å². The van der Waals surface area contributed by atoms with Crippen molar-refractivity contribution in [2.75, 3.05) is 13.2 Å². The first-order valence-corrected chi connectivity index (χ1v) is 15.3. The molecule has 0 bridgehead atoms. The molecule has 1 rings (SSSR count). The normalized spacial score (nSPS) is 20.8. The molecule has 39 heavy (non-hydrogen) atoms. The van der Waals surface area contributed by atoms with Gasteiger partial charge >= 0.3 is 11.9 Å². The summed E-state index contributed by atoms with van der Waals surface area (Å²) in [6, 6.07) is 0. The van der Waals surface area contributed by atoms with Crippen molar-refractivity contribution in [3.63, 3.8) is 0 Å². The minimum absolute atomic E-state index is 0.0339. The Labute approximate surface area is 235 Å². The van der Waals surface area contributed by atoms with E-state index in [1.807, 2.05) is 0 Å². The molecule has 1 aliphatic carbocycles. The highest BCUT2D eigenvalue weighted by molar-refractivity contribution is 5.86. The molecule has 8 nitrogen and oxygen atoms in total. The first-order valence-electron chi connectivity index (χ1n) is 15.3. The van der Waals surface area contributed by atoms with Gasteiger partial charge in [-0.25, -0.2) is 0 Å². The summed E-state index contributed by atoms with van der Waals surface area (Å²) in [7, 11) is 0. The summed E-state index contributed by atoms with van der Waals surface area (Å²) < 4.78 is 10.1. The van der Waals surface area contributed by atoms with Crippen LogP contribution in [0.25, 0.3) is 0 Å². The zero-order valence-corrected chi connectivity index (χ0v) is 24.4. The highest BCUT2D eigenvalue weighted by Crippen LogP contribution is 2.34. The predicted molar refractivity (Wildman–Crippen MR) is 151 cm³/mol. The second-order valence-corrected chi connectivity index (χ2v) is 11.0. The Morgan fingerprint density at radius 1 is 0.846 bits per heavy atom. The number of allylic oxidation sites excluding steroid dienone is 1. The smallest absolute Gasteiger partial charge is 0.305 e. The number of hydrogen-bond donors (Lipinski definition) is 3. The molecule has 1 aliphatic rings. The highest BCUT2D eigenvalue weighted by Gasteiger charge is 2.39. The van der Waals surface area contributed by atoms with Gasteiger partial charge in [0.15, 0.2) is 0 Å². The van der Waals surface area contributed by atoms with Gasteiger partial charge in [0.2, 0.25) is 0 Å². The van der Waals surface area contributed by atoms with Gasteiger partial charge in [-0.05, 0) is 31.6 Å². The summed E-state index contributed by atoms with van der Waals surface area (Å²) >= 11 is 0. The number of aliphatic hydroxyl groups excluding tert-OH is 3.